The normalized spacial score (nSPS) is 17.4. The van der Waals surface area contributed by atoms with Crippen molar-refractivity contribution < 1.29 is 9.90 Å². The largest absolute Gasteiger partial charge is 0.396 e. The molecule has 0 aromatic heterocycles. The highest BCUT2D eigenvalue weighted by Gasteiger charge is 2.23. The smallest absolute Gasteiger partial charge is 0.222 e. The van der Waals surface area contributed by atoms with Gasteiger partial charge in [0, 0.05) is 25.6 Å². The minimum atomic E-state index is 0.109. The fourth-order valence-electron chi connectivity index (χ4n) is 2.24. The van der Waals surface area contributed by atoms with E-state index in [0.717, 1.165) is 38.9 Å². The number of piperidine rings is 1. The zero-order valence-corrected chi connectivity index (χ0v) is 10.2. The summed E-state index contributed by atoms with van der Waals surface area (Å²) < 4.78 is 0. The molecule has 4 nitrogen and oxygen atoms in total. The maximum Gasteiger partial charge on any atom is 0.222 e. The van der Waals surface area contributed by atoms with Gasteiger partial charge in [-0.25, -0.2) is 0 Å². The lowest BCUT2D eigenvalue weighted by Crippen LogP contribution is -2.46. The van der Waals surface area contributed by atoms with Crippen LogP contribution in [0.3, 0.4) is 0 Å². The molecule has 2 N–H and O–H groups in total. The van der Waals surface area contributed by atoms with Crippen LogP contribution in [0.25, 0.3) is 0 Å². The van der Waals surface area contributed by atoms with E-state index >= 15 is 0 Å². The summed E-state index contributed by atoms with van der Waals surface area (Å²) >= 11 is 0. The molecule has 1 rings (SSSR count). The van der Waals surface area contributed by atoms with Crippen LogP contribution in [0, 0.1) is 0 Å². The van der Waals surface area contributed by atoms with Crippen molar-refractivity contribution in [3.63, 3.8) is 0 Å². The minimum absolute atomic E-state index is 0.109. The number of hydrogen-bond donors (Lipinski definition) is 2. The van der Waals surface area contributed by atoms with Crippen molar-refractivity contribution in [2.75, 3.05) is 26.2 Å². The van der Waals surface area contributed by atoms with Crippen LogP contribution in [0.1, 0.15) is 39.0 Å². The van der Waals surface area contributed by atoms with Gasteiger partial charge in [-0.2, -0.15) is 0 Å². The second-order valence-electron chi connectivity index (χ2n) is 4.40. The van der Waals surface area contributed by atoms with E-state index < -0.39 is 0 Å². The van der Waals surface area contributed by atoms with Crippen LogP contribution < -0.4 is 5.32 Å². The molecule has 0 spiro atoms. The molecule has 1 amide bonds. The Hall–Kier alpha value is -0.610. The Kier molecular flexibility index (Phi) is 6.42. The average molecular weight is 228 g/mol. The molecular formula is C12H24N2O2. The Morgan fingerprint density at radius 2 is 2.12 bits per heavy atom. The molecule has 1 fully saturated rings. The van der Waals surface area contributed by atoms with Crippen LogP contribution in [0.15, 0.2) is 0 Å². The Labute approximate surface area is 98.0 Å². The quantitative estimate of drug-likeness (QED) is 0.705. The van der Waals surface area contributed by atoms with E-state index in [2.05, 4.69) is 12.2 Å². The molecule has 1 heterocycles. The zero-order chi connectivity index (χ0) is 11.8. The number of carbonyl (C=O) groups is 1. The third-order valence-electron chi connectivity index (χ3n) is 3.08. The highest BCUT2D eigenvalue weighted by Crippen LogP contribution is 2.14. The van der Waals surface area contributed by atoms with Gasteiger partial charge in [0.05, 0.1) is 0 Å². The van der Waals surface area contributed by atoms with E-state index in [1.165, 1.54) is 0 Å². The monoisotopic (exact) mass is 228 g/mol. The fraction of sp³-hybridized carbons (Fsp3) is 0.917. The topological polar surface area (TPSA) is 52.6 Å². The van der Waals surface area contributed by atoms with E-state index in [-0.39, 0.29) is 12.5 Å². The maximum absolute atomic E-state index is 12.0. The molecule has 0 unspecified atom stereocenters. The standard InChI is InChI=1S/C12H24N2O2/c1-2-9-14(12(16)4-3-10-15)11-5-7-13-8-6-11/h11,13,15H,2-10H2,1H3. The number of rotatable bonds is 6. The van der Waals surface area contributed by atoms with Crippen molar-refractivity contribution in [3.8, 4) is 0 Å². The van der Waals surface area contributed by atoms with Gasteiger partial charge in [-0.15, -0.1) is 0 Å². The Morgan fingerprint density at radius 1 is 1.44 bits per heavy atom. The summed E-state index contributed by atoms with van der Waals surface area (Å²) in [6, 6.07) is 0.410. The minimum Gasteiger partial charge on any atom is -0.396 e. The molecule has 0 aromatic rings. The number of nitrogens with zero attached hydrogens (tertiary/aromatic N) is 1. The van der Waals surface area contributed by atoms with Crippen LogP contribution in [0.4, 0.5) is 0 Å². The van der Waals surface area contributed by atoms with Gasteiger partial charge in [0.1, 0.15) is 0 Å². The molecule has 4 heteroatoms. The molecule has 1 aliphatic heterocycles. The molecule has 0 saturated carbocycles. The Bertz CT molecular complexity index is 203. The lowest BCUT2D eigenvalue weighted by molar-refractivity contribution is -0.134. The SMILES string of the molecule is CCCN(C(=O)CCCO)C1CCNCC1. The molecule has 94 valence electrons. The molecule has 0 aromatic carbocycles. The van der Waals surface area contributed by atoms with Crippen molar-refractivity contribution in [2.45, 2.75) is 45.1 Å². The Balaban J connectivity index is 2.47. The number of aliphatic hydroxyl groups excluding tert-OH is 1. The van der Waals surface area contributed by atoms with Gasteiger partial charge >= 0.3 is 0 Å². The van der Waals surface area contributed by atoms with Crippen molar-refractivity contribution in [3.05, 3.63) is 0 Å². The molecule has 0 bridgehead atoms. The highest BCUT2D eigenvalue weighted by molar-refractivity contribution is 5.76. The molecule has 0 atom stereocenters. The average Bonchev–Trinajstić information content (AvgIpc) is 2.34. The summed E-state index contributed by atoms with van der Waals surface area (Å²) in [5.74, 6) is 0.211. The number of amides is 1. The van der Waals surface area contributed by atoms with Gasteiger partial charge in [-0.1, -0.05) is 6.92 Å². The molecule has 0 radical (unpaired) electrons. The molecule has 0 aliphatic carbocycles. The molecule has 1 saturated heterocycles. The first-order valence-corrected chi connectivity index (χ1v) is 6.40. The fourth-order valence-corrected chi connectivity index (χ4v) is 2.24. The zero-order valence-electron chi connectivity index (χ0n) is 10.2. The summed E-state index contributed by atoms with van der Waals surface area (Å²) in [6.45, 7) is 5.09. The third-order valence-corrected chi connectivity index (χ3v) is 3.08. The van der Waals surface area contributed by atoms with Crippen molar-refractivity contribution in [1.82, 2.24) is 10.2 Å². The summed E-state index contributed by atoms with van der Waals surface area (Å²) in [5.41, 5.74) is 0. The van der Waals surface area contributed by atoms with E-state index in [1.807, 2.05) is 4.90 Å². The Morgan fingerprint density at radius 3 is 2.69 bits per heavy atom. The highest BCUT2D eigenvalue weighted by atomic mass is 16.3. The summed E-state index contributed by atoms with van der Waals surface area (Å²) in [4.78, 5) is 14.0. The van der Waals surface area contributed by atoms with Gasteiger partial charge in [-0.3, -0.25) is 4.79 Å². The summed E-state index contributed by atoms with van der Waals surface area (Å²) in [5, 5.41) is 12.1. The van der Waals surface area contributed by atoms with E-state index in [1.54, 1.807) is 0 Å². The predicted molar refractivity (Wildman–Crippen MR) is 64.2 cm³/mol. The van der Waals surface area contributed by atoms with Crippen LogP contribution in [0.2, 0.25) is 0 Å². The van der Waals surface area contributed by atoms with Crippen molar-refractivity contribution in [2.24, 2.45) is 0 Å². The molecular weight excluding hydrogens is 204 g/mol. The van der Waals surface area contributed by atoms with E-state index in [0.29, 0.717) is 18.9 Å². The first-order valence-electron chi connectivity index (χ1n) is 6.40. The predicted octanol–water partition coefficient (Wildman–Crippen LogP) is 0.749. The van der Waals surface area contributed by atoms with Crippen LogP contribution in [0.5, 0.6) is 0 Å². The molecule has 16 heavy (non-hydrogen) atoms. The number of carbonyl (C=O) groups excluding carboxylic acids is 1. The second-order valence-corrected chi connectivity index (χ2v) is 4.40. The summed E-state index contributed by atoms with van der Waals surface area (Å²) in [7, 11) is 0. The number of aliphatic hydroxyl groups is 1. The van der Waals surface area contributed by atoms with Crippen LogP contribution in [-0.4, -0.2) is 48.2 Å². The van der Waals surface area contributed by atoms with Crippen LogP contribution >= 0.6 is 0 Å². The van der Waals surface area contributed by atoms with Crippen molar-refractivity contribution in [1.29, 1.82) is 0 Å². The van der Waals surface area contributed by atoms with Gasteiger partial charge in [0.25, 0.3) is 0 Å². The third kappa shape index (κ3) is 4.10. The van der Waals surface area contributed by atoms with Crippen LogP contribution in [-0.2, 0) is 4.79 Å². The molecule has 1 aliphatic rings. The first kappa shape index (κ1) is 13.5. The summed E-state index contributed by atoms with van der Waals surface area (Å²) in [6.07, 6.45) is 4.20. The number of nitrogens with one attached hydrogen (secondary N) is 1. The van der Waals surface area contributed by atoms with Gasteiger partial charge in [0.15, 0.2) is 0 Å². The van der Waals surface area contributed by atoms with E-state index in [4.69, 9.17) is 5.11 Å². The maximum atomic E-state index is 12.0. The lowest BCUT2D eigenvalue weighted by Gasteiger charge is -2.34. The van der Waals surface area contributed by atoms with Crippen molar-refractivity contribution >= 4 is 5.91 Å². The lowest BCUT2D eigenvalue weighted by atomic mass is 10.0. The van der Waals surface area contributed by atoms with E-state index in [9.17, 15) is 4.79 Å². The number of hydrogen-bond acceptors (Lipinski definition) is 3. The van der Waals surface area contributed by atoms with Gasteiger partial charge in [0.2, 0.25) is 5.91 Å². The van der Waals surface area contributed by atoms with Gasteiger partial charge < -0.3 is 15.3 Å². The first-order chi connectivity index (χ1) is 7.79. The van der Waals surface area contributed by atoms with Gasteiger partial charge in [-0.05, 0) is 38.8 Å². The second kappa shape index (κ2) is 7.63.